The van der Waals surface area contributed by atoms with E-state index < -0.39 is 0 Å². The SMILES string of the molecule is CC.CCCCc1ccc(Cl)nc1. The Bertz CT molecular complexity index is 206. The van der Waals surface area contributed by atoms with E-state index in [1.54, 1.807) is 0 Å². The van der Waals surface area contributed by atoms with Crippen molar-refractivity contribution in [2.24, 2.45) is 0 Å². The van der Waals surface area contributed by atoms with E-state index in [0.29, 0.717) is 5.15 Å². The molecular weight excluding hydrogens is 182 g/mol. The van der Waals surface area contributed by atoms with Crippen LogP contribution in [0.5, 0.6) is 0 Å². The van der Waals surface area contributed by atoms with E-state index in [1.165, 1.54) is 18.4 Å². The molecule has 0 saturated carbocycles. The quantitative estimate of drug-likeness (QED) is 0.668. The molecule has 0 atom stereocenters. The van der Waals surface area contributed by atoms with E-state index in [4.69, 9.17) is 11.6 Å². The van der Waals surface area contributed by atoms with E-state index >= 15 is 0 Å². The van der Waals surface area contributed by atoms with Crippen LogP contribution in [0, 0.1) is 0 Å². The number of nitrogens with zero attached hydrogens (tertiary/aromatic N) is 1. The minimum Gasteiger partial charge on any atom is -0.244 e. The number of rotatable bonds is 3. The molecule has 0 bridgehead atoms. The zero-order valence-electron chi connectivity index (χ0n) is 8.68. The van der Waals surface area contributed by atoms with Crippen LogP contribution in [0.1, 0.15) is 39.2 Å². The fourth-order valence-electron chi connectivity index (χ4n) is 0.935. The normalized spacial score (nSPS) is 8.92. The minimum absolute atomic E-state index is 0.574. The van der Waals surface area contributed by atoms with Crippen molar-refractivity contribution in [1.82, 2.24) is 4.98 Å². The summed E-state index contributed by atoms with van der Waals surface area (Å²) in [5.74, 6) is 0. The van der Waals surface area contributed by atoms with Crippen LogP contribution in [0.25, 0.3) is 0 Å². The molecule has 0 saturated heterocycles. The Hall–Kier alpha value is -0.560. The van der Waals surface area contributed by atoms with Gasteiger partial charge < -0.3 is 0 Å². The van der Waals surface area contributed by atoms with Gasteiger partial charge in [-0.05, 0) is 24.5 Å². The van der Waals surface area contributed by atoms with Crippen molar-refractivity contribution in [2.45, 2.75) is 40.0 Å². The predicted molar refractivity (Wildman–Crippen MR) is 59.2 cm³/mol. The van der Waals surface area contributed by atoms with Gasteiger partial charge in [0.1, 0.15) is 5.15 Å². The highest BCUT2D eigenvalue weighted by molar-refractivity contribution is 6.29. The highest BCUT2D eigenvalue weighted by Gasteiger charge is 1.92. The maximum absolute atomic E-state index is 5.63. The van der Waals surface area contributed by atoms with Gasteiger partial charge >= 0.3 is 0 Å². The van der Waals surface area contributed by atoms with Crippen LogP contribution in [-0.4, -0.2) is 4.98 Å². The molecule has 0 aliphatic rings. The first-order valence-electron chi connectivity index (χ1n) is 4.93. The summed E-state index contributed by atoms with van der Waals surface area (Å²) in [6.45, 7) is 6.18. The monoisotopic (exact) mass is 199 g/mol. The van der Waals surface area contributed by atoms with E-state index in [9.17, 15) is 0 Å². The van der Waals surface area contributed by atoms with Crippen LogP contribution in [0.2, 0.25) is 5.15 Å². The molecule has 0 aliphatic heterocycles. The fraction of sp³-hybridized carbons (Fsp3) is 0.545. The van der Waals surface area contributed by atoms with Crippen molar-refractivity contribution in [3.63, 3.8) is 0 Å². The van der Waals surface area contributed by atoms with Crippen molar-refractivity contribution in [3.05, 3.63) is 29.0 Å². The van der Waals surface area contributed by atoms with E-state index in [-0.39, 0.29) is 0 Å². The third-order valence-corrected chi connectivity index (χ3v) is 1.83. The summed E-state index contributed by atoms with van der Waals surface area (Å²) in [6.07, 6.45) is 5.41. The van der Waals surface area contributed by atoms with Gasteiger partial charge in [-0.3, -0.25) is 0 Å². The predicted octanol–water partition coefficient (Wildman–Crippen LogP) is 4.10. The average molecular weight is 200 g/mol. The lowest BCUT2D eigenvalue weighted by Crippen LogP contribution is -1.85. The van der Waals surface area contributed by atoms with Gasteiger partial charge in [0, 0.05) is 6.20 Å². The second kappa shape index (κ2) is 8.06. The van der Waals surface area contributed by atoms with Gasteiger partial charge in [0.15, 0.2) is 0 Å². The number of unbranched alkanes of at least 4 members (excludes halogenated alkanes) is 1. The van der Waals surface area contributed by atoms with Crippen LogP contribution in [0.15, 0.2) is 18.3 Å². The lowest BCUT2D eigenvalue weighted by Gasteiger charge is -1.97. The second-order valence-electron chi connectivity index (χ2n) is 2.59. The Morgan fingerprint density at radius 3 is 2.46 bits per heavy atom. The maximum Gasteiger partial charge on any atom is 0.129 e. The molecule has 0 spiro atoms. The Morgan fingerprint density at radius 2 is 2.00 bits per heavy atom. The topological polar surface area (TPSA) is 12.9 Å². The summed E-state index contributed by atoms with van der Waals surface area (Å²) in [5.41, 5.74) is 1.27. The Balaban J connectivity index is 0.000000671. The molecule has 0 amide bonds. The van der Waals surface area contributed by atoms with Crippen LogP contribution < -0.4 is 0 Å². The molecule has 0 N–H and O–H groups in total. The molecule has 0 aliphatic carbocycles. The van der Waals surface area contributed by atoms with Gasteiger partial charge in [0.2, 0.25) is 0 Å². The third kappa shape index (κ3) is 5.64. The molecule has 1 aromatic rings. The molecule has 0 radical (unpaired) electrons. The Labute approximate surface area is 86.1 Å². The van der Waals surface area contributed by atoms with Crippen molar-refractivity contribution < 1.29 is 0 Å². The summed E-state index contributed by atoms with van der Waals surface area (Å²) >= 11 is 5.63. The minimum atomic E-state index is 0.574. The summed E-state index contributed by atoms with van der Waals surface area (Å²) in [5, 5.41) is 0.574. The highest BCUT2D eigenvalue weighted by atomic mass is 35.5. The van der Waals surface area contributed by atoms with E-state index in [1.807, 2.05) is 32.2 Å². The summed E-state index contributed by atoms with van der Waals surface area (Å²) in [4.78, 5) is 4.00. The van der Waals surface area contributed by atoms with Gasteiger partial charge in [0.25, 0.3) is 0 Å². The molecule has 0 fully saturated rings. The zero-order valence-corrected chi connectivity index (χ0v) is 9.43. The maximum atomic E-state index is 5.63. The zero-order chi connectivity index (χ0) is 10.1. The average Bonchev–Trinajstić information content (AvgIpc) is 2.20. The number of hydrogen-bond donors (Lipinski definition) is 0. The highest BCUT2D eigenvalue weighted by Crippen LogP contribution is 2.07. The number of hydrogen-bond acceptors (Lipinski definition) is 1. The molecule has 13 heavy (non-hydrogen) atoms. The lowest BCUT2D eigenvalue weighted by molar-refractivity contribution is 0.792. The molecule has 1 nitrogen and oxygen atoms in total. The first-order chi connectivity index (χ1) is 6.33. The van der Waals surface area contributed by atoms with Crippen LogP contribution >= 0.6 is 11.6 Å². The van der Waals surface area contributed by atoms with E-state index in [2.05, 4.69) is 11.9 Å². The van der Waals surface area contributed by atoms with Crippen molar-refractivity contribution >= 4 is 11.6 Å². The standard InChI is InChI=1S/C9H12ClN.C2H6/c1-2-3-4-8-5-6-9(10)11-7-8;1-2/h5-7H,2-4H2,1H3;1-2H3. The largest absolute Gasteiger partial charge is 0.244 e. The first-order valence-corrected chi connectivity index (χ1v) is 5.31. The Kier molecular flexibility index (Phi) is 7.71. The van der Waals surface area contributed by atoms with Gasteiger partial charge in [-0.1, -0.05) is 44.9 Å². The smallest absolute Gasteiger partial charge is 0.129 e. The second-order valence-corrected chi connectivity index (χ2v) is 2.98. The van der Waals surface area contributed by atoms with Crippen LogP contribution in [0.4, 0.5) is 0 Å². The molecule has 0 aromatic carbocycles. The van der Waals surface area contributed by atoms with Gasteiger partial charge in [-0.25, -0.2) is 4.98 Å². The molecule has 1 heterocycles. The van der Waals surface area contributed by atoms with Gasteiger partial charge in [0.05, 0.1) is 0 Å². The summed E-state index contributed by atoms with van der Waals surface area (Å²) in [6, 6.07) is 3.87. The summed E-state index contributed by atoms with van der Waals surface area (Å²) < 4.78 is 0. The number of aromatic nitrogens is 1. The van der Waals surface area contributed by atoms with Crippen molar-refractivity contribution in [1.29, 1.82) is 0 Å². The van der Waals surface area contributed by atoms with Crippen LogP contribution in [-0.2, 0) is 6.42 Å². The summed E-state index contributed by atoms with van der Waals surface area (Å²) in [7, 11) is 0. The van der Waals surface area contributed by atoms with Gasteiger partial charge in [-0.15, -0.1) is 0 Å². The third-order valence-electron chi connectivity index (χ3n) is 1.61. The lowest BCUT2D eigenvalue weighted by atomic mass is 10.1. The first kappa shape index (κ1) is 12.4. The molecule has 1 aromatic heterocycles. The number of aryl methyl sites for hydroxylation is 1. The van der Waals surface area contributed by atoms with E-state index in [0.717, 1.165) is 6.42 Å². The molecule has 74 valence electrons. The molecule has 1 rings (SSSR count). The van der Waals surface area contributed by atoms with Crippen molar-refractivity contribution in [3.8, 4) is 0 Å². The molecule has 0 unspecified atom stereocenters. The fourth-order valence-corrected chi connectivity index (χ4v) is 1.05. The Morgan fingerprint density at radius 1 is 1.31 bits per heavy atom. The number of pyridine rings is 1. The van der Waals surface area contributed by atoms with Crippen molar-refractivity contribution in [2.75, 3.05) is 0 Å². The molecular formula is C11H18ClN. The number of halogens is 1. The molecule has 2 heteroatoms. The van der Waals surface area contributed by atoms with Crippen LogP contribution in [0.3, 0.4) is 0 Å². The van der Waals surface area contributed by atoms with Gasteiger partial charge in [-0.2, -0.15) is 0 Å².